The molecule has 0 radical (unpaired) electrons. The molecule has 0 aromatic heterocycles. The van der Waals surface area contributed by atoms with Crippen LogP contribution in [0, 0.1) is 17.8 Å². The average Bonchev–Trinajstić information content (AvgIpc) is 3.36. The van der Waals surface area contributed by atoms with Gasteiger partial charge in [0.15, 0.2) is 5.76 Å². The number of rotatable bonds is 9. The molecule has 1 heterocycles. The minimum atomic E-state index is -1.24. The van der Waals surface area contributed by atoms with Crippen molar-refractivity contribution in [2.24, 2.45) is 17.8 Å². The van der Waals surface area contributed by atoms with Gasteiger partial charge in [0, 0.05) is 13.1 Å². The number of nitrogens with zero attached hydrogens (tertiary/aromatic N) is 1. The second kappa shape index (κ2) is 9.82. The number of benzene rings is 1. The highest BCUT2D eigenvalue weighted by Gasteiger charge is 2.40. The molecule has 6 heteroatoms. The molecule has 2 saturated carbocycles. The Balaban J connectivity index is 1.36. The lowest BCUT2D eigenvalue weighted by Gasteiger charge is -2.34. The van der Waals surface area contributed by atoms with Gasteiger partial charge in [0.25, 0.3) is 0 Å². The highest BCUT2D eigenvalue weighted by molar-refractivity contribution is 8.03. The van der Waals surface area contributed by atoms with Gasteiger partial charge in [0.1, 0.15) is 10.8 Å². The molecular formula is C24H31NO4S. The Morgan fingerprint density at radius 2 is 2.07 bits per heavy atom. The highest BCUT2D eigenvalue weighted by Crippen LogP contribution is 2.49. The largest absolute Gasteiger partial charge is 0.511 e. The summed E-state index contributed by atoms with van der Waals surface area (Å²) in [4.78, 5) is 13.6. The summed E-state index contributed by atoms with van der Waals surface area (Å²) < 4.78 is 10.4. The Morgan fingerprint density at radius 3 is 2.73 bits per heavy atom. The van der Waals surface area contributed by atoms with E-state index in [0.29, 0.717) is 5.76 Å². The van der Waals surface area contributed by atoms with Crippen LogP contribution < -0.4 is 4.74 Å². The molecule has 1 aromatic carbocycles. The van der Waals surface area contributed by atoms with Gasteiger partial charge < -0.3 is 19.5 Å². The standard InChI is InChI=1S/C24H31NO4S/c1-28-21-10-7-17(8-11-21)4-3-13-30-23-22(29-24(26)27)5-2-12-25(23)16-20-15-18-6-9-19(20)14-18/h2,5,7-8,10-11,18-20H,3-4,6,9,12-16H2,1H3,(H,26,27). The van der Waals surface area contributed by atoms with E-state index in [1.807, 2.05) is 24.3 Å². The minimum Gasteiger partial charge on any atom is -0.497 e. The number of ether oxygens (including phenoxy) is 2. The number of thioether (sulfide) groups is 1. The second-order valence-corrected chi connectivity index (χ2v) is 9.66. The summed E-state index contributed by atoms with van der Waals surface area (Å²) in [5, 5.41) is 10.2. The van der Waals surface area contributed by atoms with Crippen LogP contribution in [-0.2, 0) is 11.2 Å². The first kappa shape index (κ1) is 21.2. The highest BCUT2D eigenvalue weighted by atomic mass is 32.2. The van der Waals surface area contributed by atoms with Crippen molar-refractivity contribution in [3.63, 3.8) is 0 Å². The molecule has 3 unspecified atom stereocenters. The third-order valence-electron chi connectivity index (χ3n) is 6.64. The molecule has 1 N–H and O–H groups in total. The Bertz CT molecular complexity index is 804. The third kappa shape index (κ3) is 5.15. The predicted octanol–water partition coefficient (Wildman–Crippen LogP) is 5.53. The molecule has 1 aliphatic heterocycles. The number of methoxy groups -OCH3 is 1. The normalized spacial score (nSPS) is 25.1. The van der Waals surface area contributed by atoms with Crippen molar-refractivity contribution in [1.82, 2.24) is 4.90 Å². The van der Waals surface area contributed by atoms with E-state index in [9.17, 15) is 9.90 Å². The SMILES string of the molecule is COc1ccc(CCCSC2=C(OC(=O)O)C=CCN2CC2CC3CCC2C3)cc1. The molecule has 30 heavy (non-hydrogen) atoms. The maximum Gasteiger partial charge on any atom is 0.511 e. The fourth-order valence-electron chi connectivity index (χ4n) is 5.21. The van der Waals surface area contributed by atoms with Gasteiger partial charge in [-0.05, 0) is 79.4 Å². The van der Waals surface area contributed by atoms with Crippen LogP contribution in [0.2, 0.25) is 0 Å². The van der Waals surface area contributed by atoms with Crippen LogP contribution in [0.3, 0.4) is 0 Å². The van der Waals surface area contributed by atoms with Gasteiger partial charge >= 0.3 is 6.16 Å². The first-order valence-corrected chi connectivity index (χ1v) is 11.9. The van der Waals surface area contributed by atoms with E-state index in [1.54, 1.807) is 18.9 Å². The molecule has 3 aliphatic rings. The number of carbonyl (C=O) groups is 1. The van der Waals surface area contributed by atoms with Crippen molar-refractivity contribution >= 4 is 17.9 Å². The van der Waals surface area contributed by atoms with E-state index < -0.39 is 6.16 Å². The zero-order chi connectivity index (χ0) is 20.9. The molecule has 0 saturated heterocycles. The van der Waals surface area contributed by atoms with Gasteiger partial charge in [0.05, 0.1) is 7.11 Å². The van der Waals surface area contributed by atoms with Crippen molar-refractivity contribution in [1.29, 1.82) is 0 Å². The van der Waals surface area contributed by atoms with Gasteiger partial charge in [-0.3, -0.25) is 0 Å². The molecule has 162 valence electrons. The number of hydrogen-bond donors (Lipinski definition) is 1. The zero-order valence-electron chi connectivity index (χ0n) is 17.6. The summed E-state index contributed by atoms with van der Waals surface area (Å²) in [5.74, 6) is 4.78. The van der Waals surface area contributed by atoms with Crippen LogP contribution in [0.25, 0.3) is 0 Å². The molecule has 0 spiro atoms. The quantitative estimate of drug-likeness (QED) is 0.411. The molecule has 3 atom stereocenters. The summed E-state index contributed by atoms with van der Waals surface area (Å²) in [6.07, 6.45) is 10.1. The average molecular weight is 430 g/mol. The van der Waals surface area contributed by atoms with Crippen LogP contribution in [0.5, 0.6) is 5.75 Å². The number of fused-ring (bicyclic) bond motifs is 2. The van der Waals surface area contributed by atoms with Crippen LogP contribution in [0.1, 0.15) is 37.7 Å². The summed E-state index contributed by atoms with van der Waals surface area (Å²) in [5.41, 5.74) is 1.29. The van der Waals surface area contributed by atoms with E-state index in [2.05, 4.69) is 17.0 Å². The van der Waals surface area contributed by atoms with Crippen molar-refractivity contribution in [2.45, 2.75) is 38.5 Å². The lowest BCUT2D eigenvalue weighted by atomic mass is 9.88. The fourth-order valence-corrected chi connectivity index (χ4v) is 6.27. The predicted molar refractivity (Wildman–Crippen MR) is 120 cm³/mol. The first-order valence-electron chi connectivity index (χ1n) is 10.9. The number of carboxylic acid groups (broad SMARTS) is 1. The lowest BCUT2D eigenvalue weighted by Crippen LogP contribution is -2.33. The topological polar surface area (TPSA) is 59.0 Å². The summed E-state index contributed by atoms with van der Waals surface area (Å²) in [6.45, 7) is 1.85. The Morgan fingerprint density at radius 1 is 1.23 bits per heavy atom. The van der Waals surface area contributed by atoms with Crippen molar-refractivity contribution < 1.29 is 19.4 Å². The van der Waals surface area contributed by atoms with E-state index in [-0.39, 0.29) is 0 Å². The number of allylic oxidation sites excluding steroid dienone is 1. The summed E-state index contributed by atoms with van der Waals surface area (Å²) in [7, 11) is 1.68. The first-order chi connectivity index (χ1) is 14.6. The fraction of sp³-hybridized carbons (Fsp3) is 0.542. The van der Waals surface area contributed by atoms with Gasteiger partial charge in [-0.15, -0.1) is 11.8 Å². The smallest absolute Gasteiger partial charge is 0.497 e. The molecule has 0 amide bonds. The third-order valence-corrected chi connectivity index (χ3v) is 7.86. The van der Waals surface area contributed by atoms with Crippen molar-refractivity contribution in [3.8, 4) is 5.75 Å². The second-order valence-electron chi connectivity index (χ2n) is 8.58. The molecule has 4 rings (SSSR count). The molecule has 2 fully saturated rings. The van der Waals surface area contributed by atoms with Crippen molar-refractivity contribution in [2.75, 3.05) is 26.0 Å². The molecular weight excluding hydrogens is 398 g/mol. The Kier molecular flexibility index (Phi) is 6.93. The van der Waals surface area contributed by atoms with E-state index in [0.717, 1.165) is 60.2 Å². The summed E-state index contributed by atoms with van der Waals surface area (Å²) in [6, 6.07) is 8.19. The minimum absolute atomic E-state index is 0.478. The Labute approximate surface area is 183 Å². The van der Waals surface area contributed by atoms with Crippen LogP contribution >= 0.6 is 11.8 Å². The van der Waals surface area contributed by atoms with E-state index in [1.165, 1.54) is 31.2 Å². The molecule has 2 aliphatic carbocycles. The monoisotopic (exact) mass is 429 g/mol. The van der Waals surface area contributed by atoms with Crippen molar-refractivity contribution in [3.05, 3.63) is 52.8 Å². The van der Waals surface area contributed by atoms with Crippen LogP contribution in [0.15, 0.2) is 47.2 Å². The van der Waals surface area contributed by atoms with Gasteiger partial charge in [0.2, 0.25) is 0 Å². The van der Waals surface area contributed by atoms with Crippen LogP contribution in [0.4, 0.5) is 4.79 Å². The molecule has 2 bridgehead atoms. The van der Waals surface area contributed by atoms with E-state index in [4.69, 9.17) is 9.47 Å². The zero-order valence-corrected chi connectivity index (χ0v) is 18.4. The van der Waals surface area contributed by atoms with Crippen LogP contribution in [-0.4, -0.2) is 42.1 Å². The van der Waals surface area contributed by atoms with Gasteiger partial charge in [-0.2, -0.15) is 0 Å². The van der Waals surface area contributed by atoms with Gasteiger partial charge in [-0.25, -0.2) is 4.79 Å². The lowest BCUT2D eigenvalue weighted by molar-refractivity contribution is 0.118. The van der Waals surface area contributed by atoms with E-state index >= 15 is 0 Å². The maximum absolute atomic E-state index is 11.2. The maximum atomic E-state index is 11.2. The number of aryl methyl sites for hydroxylation is 1. The molecule has 1 aromatic rings. The molecule has 5 nitrogen and oxygen atoms in total. The van der Waals surface area contributed by atoms with Gasteiger partial charge in [-0.1, -0.05) is 24.6 Å². The Hall–Kier alpha value is -2.08. The number of hydrogen-bond acceptors (Lipinski definition) is 5. The summed E-state index contributed by atoms with van der Waals surface area (Å²) >= 11 is 1.73.